The third-order valence-corrected chi connectivity index (χ3v) is 9.58. The fourth-order valence-corrected chi connectivity index (χ4v) is 8.50. The van der Waals surface area contributed by atoms with Crippen molar-refractivity contribution in [2.75, 3.05) is 0 Å². The Balaban J connectivity index is 1.46. The van der Waals surface area contributed by atoms with Crippen LogP contribution in [0.15, 0.2) is 12.2 Å². The number of aliphatic hydroxyl groups excluding tert-OH is 2. The summed E-state index contributed by atoms with van der Waals surface area (Å²) in [6.45, 7) is 2.57. The van der Waals surface area contributed by atoms with E-state index in [4.69, 9.17) is 0 Å². The lowest BCUT2D eigenvalue weighted by molar-refractivity contribution is -0.134. The van der Waals surface area contributed by atoms with Gasteiger partial charge in [-0.25, -0.2) is 0 Å². The van der Waals surface area contributed by atoms with Crippen molar-refractivity contribution in [2.45, 2.75) is 83.3 Å². The predicted octanol–water partition coefficient (Wildman–Crippen LogP) is 4.31. The van der Waals surface area contributed by atoms with Crippen molar-refractivity contribution in [3.05, 3.63) is 12.2 Å². The van der Waals surface area contributed by atoms with Gasteiger partial charge >= 0.3 is 0 Å². The number of allylic oxidation sites excluding steroid dienone is 1. The van der Waals surface area contributed by atoms with E-state index in [1.54, 1.807) is 0 Å². The van der Waals surface area contributed by atoms with Crippen molar-refractivity contribution in [1.29, 1.82) is 0 Å². The van der Waals surface area contributed by atoms with Crippen molar-refractivity contribution in [3.8, 4) is 0 Å². The Labute approximate surface area is 146 Å². The van der Waals surface area contributed by atoms with Gasteiger partial charge in [0.1, 0.15) is 0 Å². The molecule has 5 aliphatic rings. The molecular weight excluding hydrogens is 296 g/mol. The third kappa shape index (κ3) is 2.02. The number of fused-ring (bicyclic) bond motifs is 4. The van der Waals surface area contributed by atoms with Gasteiger partial charge in [0, 0.05) is 0 Å². The van der Waals surface area contributed by atoms with Gasteiger partial charge < -0.3 is 10.2 Å². The van der Waals surface area contributed by atoms with Crippen LogP contribution in [0.3, 0.4) is 0 Å². The Kier molecular flexibility index (Phi) is 3.53. The highest BCUT2D eigenvalue weighted by atomic mass is 16.3. The summed E-state index contributed by atoms with van der Waals surface area (Å²) in [6, 6.07) is 0. The van der Waals surface area contributed by atoms with Crippen LogP contribution >= 0.6 is 0 Å². The van der Waals surface area contributed by atoms with Crippen LogP contribution in [0.5, 0.6) is 0 Å². The predicted molar refractivity (Wildman–Crippen MR) is 95.3 cm³/mol. The maximum Gasteiger partial charge on any atom is 0.0726 e. The molecule has 2 heteroatoms. The summed E-state index contributed by atoms with van der Waals surface area (Å²) >= 11 is 0. The molecule has 134 valence electrons. The summed E-state index contributed by atoms with van der Waals surface area (Å²) in [6.07, 6.45) is 16.8. The Morgan fingerprint density at radius 2 is 1.75 bits per heavy atom. The largest absolute Gasteiger partial charge is 0.393 e. The summed E-state index contributed by atoms with van der Waals surface area (Å²) in [7, 11) is 0. The molecule has 4 saturated carbocycles. The fourth-order valence-electron chi connectivity index (χ4n) is 8.50. The van der Waals surface area contributed by atoms with E-state index in [2.05, 4.69) is 19.1 Å². The van der Waals surface area contributed by atoms with E-state index in [9.17, 15) is 10.2 Å². The first-order valence-electron chi connectivity index (χ1n) is 10.6. The highest BCUT2D eigenvalue weighted by Gasteiger charge is 2.61. The second-order valence-electron chi connectivity index (χ2n) is 10.2. The molecule has 2 N–H and O–H groups in total. The summed E-state index contributed by atoms with van der Waals surface area (Å²) < 4.78 is 0. The van der Waals surface area contributed by atoms with E-state index in [1.807, 2.05) is 0 Å². The molecule has 0 aromatic carbocycles. The summed E-state index contributed by atoms with van der Waals surface area (Å²) in [4.78, 5) is 0. The highest BCUT2D eigenvalue weighted by molar-refractivity contribution is 5.17. The van der Waals surface area contributed by atoms with E-state index < -0.39 is 0 Å². The number of aliphatic hydroxyl groups is 2. The molecule has 24 heavy (non-hydrogen) atoms. The number of hydrogen-bond donors (Lipinski definition) is 2. The Morgan fingerprint density at radius 3 is 2.62 bits per heavy atom. The van der Waals surface area contributed by atoms with Crippen molar-refractivity contribution < 1.29 is 10.2 Å². The van der Waals surface area contributed by atoms with Gasteiger partial charge in [0.25, 0.3) is 0 Å². The lowest BCUT2D eigenvalue weighted by Crippen LogP contribution is -2.55. The molecule has 1 unspecified atom stereocenters. The van der Waals surface area contributed by atoms with Crippen molar-refractivity contribution in [1.82, 2.24) is 0 Å². The zero-order valence-corrected chi connectivity index (χ0v) is 15.2. The average molecular weight is 331 g/mol. The summed E-state index contributed by atoms with van der Waals surface area (Å²) in [5.74, 6) is 4.11. The SMILES string of the molecule is C[C@]12CC[C@@H](O)C[C@@H]1CC[C@H]1[C@@H]3CC[C@@H]4C=C[C@H](O)CC43CC[C@@H]12. The van der Waals surface area contributed by atoms with E-state index >= 15 is 0 Å². The van der Waals surface area contributed by atoms with Gasteiger partial charge in [-0.15, -0.1) is 0 Å². The average Bonchev–Trinajstić information content (AvgIpc) is 2.94. The minimum Gasteiger partial charge on any atom is -0.393 e. The first kappa shape index (κ1) is 15.9. The maximum atomic E-state index is 10.3. The highest BCUT2D eigenvalue weighted by Crippen LogP contribution is 2.69. The second-order valence-corrected chi connectivity index (χ2v) is 10.2. The molecule has 0 heterocycles. The Morgan fingerprint density at radius 1 is 0.875 bits per heavy atom. The number of hydrogen-bond acceptors (Lipinski definition) is 2. The molecule has 0 bridgehead atoms. The zero-order chi connectivity index (χ0) is 16.5. The van der Waals surface area contributed by atoms with Crippen molar-refractivity contribution in [3.63, 3.8) is 0 Å². The van der Waals surface area contributed by atoms with Gasteiger partial charge in [0.15, 0.2) is 0 Å². The van der Waals surface area contributed by atoms with E-state index in [-0.39, 0.29) is 12.2 Å². The minimum atomic E-state index is -0.199. The molecule has 0 amide bonds. The van der Waals surface area contributed by atoms with Crippen LogP contribution < -0.4 is 0 Å². The number of rotatable bonds is 0. The van der Waals surface area contributed by atoms with Crippen LogP contribution in [0.4, 0.5) is 0 Å². The molecule has 0 saturated heterocycles. The molecule has 9 atom stereocenters. The van der Waals surface area contributed by atoms with Gasteiger partial charge in [-0.1, -0.05) is 19.1 Å². The minimum absolute atomic E-state index is 0.0379. The van der Waals surface area contributed by atoms with Gasteiger partial charge in [-0.05, 0) is 105 Å². The molecule has 0 aromatic heterocycles. The smallest absolute Gasteiger partial charge is 0.0726 e. The Bertz CT molecular complexity index is 542. The van der Waals surface area contributed by atoms with Crippen LogP contribution in [0, 0.1) is 40.4 Å². The van der Waals surface area contributed by atoms with E-state index in [0.29, 0.717) is 10.8 Å². The standard InChI is InChI=1S/C22H34O2/c1-21-10-8-16(23)12-15(21)3-6-18-19(21)9-11-22-13-17(24)5-2-14(22)4-7-20(18)22/h2,5,14-20,23-24H,3-4,6-13H2,1H3/t14-,15-,16+,17-,18+,19-,20-,21-,22?/m0/s1. The van der Waals surface area contributed by atoms with Crippen LogP contribution in [0.1, 0.15) is 71.1 Å². The van der Waals surface area contributed by atoms with Crippen molar-refractivity contribution in [2.24, 2.45) is 40.4 Å². The molecule has 1 spiro atoms. The molecule has 5 rings (SSSR count). The second kappa shape index (κ2) is 5.33. The molecule has 2 nitrogen and oxygen atoms in total. The van der Waals surface area contributed by atoms with Gasteiger partial charge in [0.05, 0.1) is 12.2 Å². The van der Waals surface area contributed by atoms with E-state index in [0.717, 1.165) is 48.9 Å². The monoisotopic (exact) mass is 330 g/mol. The molecule has 5 aliphatic carbocycles. The quantitative estimate of drug-likeness (QED) is 0.650. The fraction of sp³-hybridized carbons (Fsp3) is 0.909. The summed E-state index contributed by atoms with van der Waals surface area (Å²) in [5.41, 5.74) is 0.900. The first-order chi connectivity index (χ1) is 11.5. The topological polar surface area (TPSA) is 40.5 Å². The van der Waals surface area contributed by atoms with Gasteiger partial charge in [-0.3, -0.25) is 0 Å². The third-order valence-electron chi connectivity index (χ3n) is 9.58. The van der Waals surface area contributed by atoms with Crippen LogP contribution in [0.2, 0.25) is 0 Å². The molecule has 0 aliphatic heterocycles. The van der Waals surface area contributed by atoms with E-state index in [1.165, 1.54) is 44.9 Å². The normalized spacial score (nSPS) is 59.2. The van der Waals surface area contributed by atoms with Crippen LogP contribution in [-0.4, -0.2) is 22.4 Å². The molecular formula is C22H34O2. The first-order valence-corrected chi connectivity index (χ1v) is 10.6. The molecule has 0 aromatic rings. The van der Waals surface area contributed by atoms with Crippen LogP contribution in [-0.2, 0) is 0 Å². The van der Waals surface area contributed by atoms with Gasteiger partial charge in [-0.2, -0.15) is 0 Å². The lowest BCUT2D eigenvalue weighted by Gasteiger charge is -2.62. The van der Waals surface area contributed by atoms with Gasteiger partial charge in [0.2, 0.25) is 0 Å². The zero-order valence-electron chi connectivity index (χ0n) is 15.2. The van der Waals surface area contributed by atoms with Crippen LogP contribution in [0.25, 0.3) is 0 Å². The summed E-state index contributed by atoms with van der Waals surface area (Å²) in [5, 5.41) is 20.5. The Hall–Kier alpha value is -0.340. The maximum absolute atomic E-state index is 10.3. The molecule has 0 radical (unpaired) electrons. The lowest BCUT2D eigenvalue weighted by atomic mass is 9.43. The van der Waals surface area contributed by atoms with Crippen molar-refractivity contribution >= 4 is 0 Å². The molecule has 4 fully saturated rings.